The van der Waals surface area contributed by atoms with E-state index >= 15 is 0 Å². The monoisotopic (exact) mass is 1270 g/mol. The van der Waals surface area contributed by atoms with E-state index in [0.29, 0.717) is 17.1 Å². The molecule has 87 heavy (non-hydrogen) atoms. The molecule has 1 aliphatic rings. The van der Waals surface area contributed by atoms with E-state index in [-0.39, 0.29) is 66.6 Å². The maximum atomic E-state index is 12.9. The third-order valence-corrected chi connectivity index (χ3v) is 16.6. The third-order valence-electron chi connectivity index (χ3n) is 16.6. The van der Waals surface area contributed by atoms with Crippen molar-refractivity contribution in [2.45, 2.75) is 371 Å². The molecule has 0 saturated heterocycles. The van der Waals surface area contributed by atoms with Crippen LogP contribution in [0, 0.1) is 129 Å². The Morgan fingerprint density at radius 1 is 0.391 bits per heavy atom. The molecule has 0 spiro atoms. The van der Waals surface area contributed by atoms with Crippen molar-refractivity contribution in [1.82, 2.24) is 0 Å². The minimum absolute atomic E-state index is 0.00463. The third kappa shape index (κ3) is 69.3. The first-order valence-corrected chi connectivity index (χ1v) is 35.6. The summed E-state index contributed by atoms with van der Waals surface area (Å²) in [5.74, 6) is 4.88. The average Bonchev–Trinajstić information content (AvgIpc) is 4.09. The van der Waals surface area contributed by atoms with Crippen LogP contribution in [0.3, 0.4) is 0 Å². The maximum Gasteiger partial charge on any atom is 0.392 e. The molecule has 4 atom stereocenters. The van der Waals surface area contributed by atoms with Crippen molar-refractivity contribution in [3.05, 3.63) is 0 Å². The summed E-state index contributed by atoms with van der Waals surface area (Å²) < 4.78 is 101. The van der Waals surface area contributed by atoms with E-state index in [0.717, 1.165) is 65.1 Å². The predicted octanol–water partition coefficient (Wildman–Crippen LogP) is 29.0. The second-order valence-electron chi connectivity index (χ2n) is 34.0. The highest BCUT2D eigenvalue weighted by Crippen LogP contribution is 2.56. The molecule has 0 aliphatic heterocycles. The van der Waals surface area contributed by atoms with Gasteiger partial charge in [-0.3, -0.25) is 4.79 Å². The quantitative estimate of drug-likeness (QED) is 0.0749. The Labute approximate surface area is 543 Å². The summed E-state index contributed by atoms with van der Waals surface area (Å²) in [6, 6.07) is 0. The van der Waals surface area contributed by atoms with Gasteiger partial charge < -0.3 is 0 Å². The van der Waals surface area contributed by atoms with Gasteiger partial charge in [0.1, 0.15) is 24.3 Å². The molecule has 1 aliphatic carbocycles. The minimum atomic E-state index is -4.03. The second kappa shape index (κ2) is 53.5. The first-order chi connectivity index (χ1) is 38.7. The minimum Gasteiger partial charge on any atom is -0.299 e. The van der Waals surface area contributed by atoms with Gasteiger partial charge in [0.25, 0.3) is 5.92 Å². The summed E-state index contributed by atoms with van der Waals surface area (Å²) in [5.41, 5.74) is 1.29. The molecule has 536 valence electrons. The van der Waals surface area contributed by atoms with Gasteiger partial charge in [-0.15, -0.1) is 0 Å². The lowest BCUT2D eigenvalue weighted by molar-refractivity contribution is -0.190. The predicted molar refractivity (Wildman–Crippen MR) is 377 cm³/mol. The van der Waals surface area contributed by atoms with Gasteiger partial charge in [0.05, 0.1) is 5.92 Å². The van der Waals surface area contributed by atoms with Gasteiger partial charge in [0.2, 0.25) is 0 Å². The number of alkyl halides is 8. The van der Waals surface area contributed by atoms with Crippen LogP contribution in [-0.2, 0) is 4.79 Å². The summed E-state index contributed by atoms with van der Waals surface area (Å²) >= 11 is 0. The number of ketones is 1. The van der Waals surface area contributed by atoms with Crippen molar-refractivity contribution < 1.29 is 39.9 Å². The van der Waals surface area contributed by atoms with Crippen molar-refractivity contribution in [2.24, 2.45) is 129 Å². The number of carbonyl (C=O) groups is 1. The fourth-order valence-corrected chi connectivity index (χ4v) is 9.20. The Morgan fingerprint density at radius 3 is 0.851 bits per heavy atom. The van der Waals surface area contributed by atoms with Gasteiger partial charge >= 0.3 is 6.18 Å². The van der Waals surface area contributed by atoms with E-state index in [2.05, 4.69) is 145 Å². The number of Topliss-reactive ketones (excluding diaryl/α,β-unsaturated/α-hetero) is 1. The second-order valence-corrected chi connectivity index (χ2v) is 34.0. The zero-order valence-corrected chi connectivity index (χ0v) is 66.0. The van der Waals surface area contributed by atoms with Crippen LogP contribution >= 0.6 is 0 Å². The van der Waals surface area contributed by atoms with Crippen LogP contribution in [0.5, 0.6) is 0 Å². The maximum absolute atomic E-state index is 12.9. The van der Waals surface area contributed by atoms with Gasteiger partial charge in [-0.05, 0) is 150 Å². The number of hydrogen-bond donors (Lipinski definition) is 0. The molecule has 0 amide bonds. The number of hydrogen-bond acceptors (Lipinski definition) is 1. The number of halogens is 8. The van der Waals surface area contributed by atoms with E-state index < -0.39 is 42.4 Å². The first kappa shape index (κ1) is 102. The van der Waals surface area contributed by atoms with Crippen molar-refractivity contribution in [2.75, 3.05) is 0 Å². The van der Waals surface area contributed by atoms with Crippen LogP contribution < -0.4 is 0 Å². The topological polar surface area (TPSA) is 17.1 Å². The molecule has 0 N–H and O–H groups in total. The van der Waals surface area contributed by atoms with Crippen LogP contribution in [0.25, 0.3) is 0 Å². The van der Waals surface area contributed by atoms with Gasteiger partial charge in [0, 0.05) is 31.1 Å². The molecule has 9 heteroatoms. The molecule has 1 rings (SSSR count). The highest BCUT2D eigenvalue weighted by atomic mass is 19.4. The highest BCUT2D eigenvalue weighted by Gasteiger charge is 2.45. The average molecular weight is 1270 g/mol. The lowest BCUT2D eigenvalue weighted by Crippen LogP contribution is -2.28. The standard InChI is InChI=1S/C10H20.C10H22.C9H17F3.C9H18F2.C9H20.C8H16F2.C8H16O.C8H18.C7H15F/c1-8(2)7-10(5-6-10)9(3)4;1-8(2)7-10(5,6)9(3)4;1-6(2)5-8(7(3)4)9(10,11)12;1-6(2)8(10)5-9(11)7(3)4;1-7(2)6-9(5)8(3)4;1-6(2)5-8(9,10)7(3)4;1-6(2)5-8(9)7(3)4;1-7(2)5-6-8(3)4;1-5(2)7(8)6(3)4/h8-9H,5-7H2,1-4H3;8-9H,7H2,1-6H3;6-8H,5H2,1-4H3;6-9H,5H2,1-4H3;7-9H,6H2,1-5H3;6-7H,5H2,1-4H3;6-7H,5H2,1-4H3;7-8H,5-6H2,1-4H3;5-7H,1-4H3. The van der Waals surface area contributed by atoms with Crippen LogP contribution in [0.1, 0.15) is 341 Å². The van der Waals surface area contributed by atoms with Crippen LogP contribution in [-0.4, -0.2) is 36.4 Å². The summed E-state index contributed by atoms with van der Waals surface area (Å²) in [4.78, 5) is 11.0. The summed E-state index contributed by atoms with van der Waals surface area (Å²) in [5, 5.41) is 0. The van der Waals surface area contributed by atoms with Gasteiger partial charge in [-0.1, -0.05) is 283 Å². The molecule has 0 aromatic rings. The van der Waals surface area contributed by atoms with Crippen molar-refractivity contribution in [3.8, 4) is 0 Å². The van der Waals surface area contributed by atoms with E-state index in [4.69, 9.17) is 0 Å². The van der Waals surface area contributed by atoms with E-state index in [1.54, 1.807) is 55.4 Å². The number of rotatable bonds is 27. The smallest absolute Gasteiger partial charge is 0.299 e. The Morgan fingerprint density at radius 2 is 0.747 bits per heavy atom. The summed E-state index contributed by atoms with van der Waals surface area (Å²) in [6.07, 6.45) is 4.29. The van der Waals surface area contributed by atoms with Crippen LogP contribution in [0.15, 0.2) is 0 Å². The highest BCUT2D eigenvalue weighted by molar-refractivity contribution is 5.80. The van der Waals surface area contributed by atoms with E-state index in [1.807, 2.05) is 69.2 Å². The van der Waals surface area contributed by atoms with Crippen LogP contribution in [0.4, 0.5) is 35.1 Å². The van der Waals surface area contributed by atoms with Gasteiger partial charge in [0.15, 0.2) is 0 Å². The Kier molecular flexibility index (Phi) is 62.8. The molecule has 0 aromatic heterocycles. The summed E-state index contributed by atoms with van der Waals surface area (Å²) in [7, 11) is 0. The first-order valence-electron chi connectivity index (χ1n) is 35.6. The van der Waals surface area contributed by atoms with Gasteiger partial charge in [-0.25, -0.2) is 22.0 Å². The normalized spacial score (nSPS) is 14.8. The lowest BCUT2D eigenvalue weighted by Gasteiger charge is -2.30. The van der Waals surface area contributed by atoms with E-state index in [1.165, 1.54) is 44.9 Å². The summed E-state index contributed by atoms with van der Waals surface area (Å²) in [6.45, 7) is 80.4. The number of carbonyl (C=O) groups excluding carboxylic acids is 1. The molecule has 0 aromatic carbocycles. The molecule has 0 bridgehead atoms. The van der Waals surface area contributed by atoms with Gasteiger partial charge in [-0.2, -0.15) is 13.2 Å². The largest absolute Gasteiger partial charge is 0.392 e. The van der Waals surface area contributed by atoms with E-state index in [9.17, 15) is 39.9 Å². The zero-order chi connectivity index (χ0) is 71.6. The lowest BCUT2D eigenvalue weighted by atomic mass is 9.75. The molecule has 1 nitrogen and oxygen atoms in total. The molecular formula is C78H162F8O. The molecule has 0 heterocycles. The molecule has 4 unspecified atom stereocenters. The zero-order valence-electron chi connectivity index (χ0n) is 66.0. The SMILES string of the molecule is CC(C)C(F)C(C)C.CC(C)C(F)CC(F)C(C)C.CC(C)CC(=O)C(C)C.CC(C)CC(C(C)C)C(F)(F)F.CC(C)CC(C)(C)C(C)C.CC(C)CC(C)C(C)C.CC(C)CC(F)(F)C(C)C.CC(C)CC1(C(C)C)CC1.CC(C)CCC(C)C. The molecule has 0 radical (unpaired) electrons. The Hall–Kier alpha value is -0.890. The van der Waals surface area contributed by atoms with Crippen molar-refractivity contribution in [1.29, 1.82) is 0 Å². The Balaban J connectivity index is -0.000000135. The fourth-order valence-electron chi connectivity index (χ4n) is 9.20. The molecular weight excluding hydrogens is 1100 g/mol. The molecule has 1 fully saturated rings. The molecule has 1 saturated carbocycles. The fraction of sp³-hybridized carbons (Fsp3) is 0.987. The van der Waals surface area contributed by atoms with Crippen molar-refractivity contribution >= 4 is 5.78 Å². The van der Waals surface area contributed by atoms with Crippen molar-refractivity contribution in [3.63, 3.8) is 0 Å². The van der Waals surface area contributed by atoms with Crippen LogP contribution in [0.2, 0.25) is 0 Å². The Bertz CT molecular complexity index is 1400.